The van der Waals surface area contributed by atoms with Crippen LogP contribution in [-0.4, -0.2) is 23.2 Å². The Bertz CT molecular complexity index is 564. The fourth-order valence-electron chi connectivity index (χ4n) is 1.65. The predicted octanol–water partition coefficient (Wildman–Crippen LogP) is 3.73. The van der Waals surface area contributed by atoms with Gasteiger partial charge in [-0.1, -0.05) is 31.4 Å². The van der Waals surface area contributed by atoms with Gasteiger partial charge in [0.05, 0.1) is 5.69 Å². The molecule has 1 rings (SSSR count). The lowest BCUT2D eigenvalue weighted by Crippen LogP contribution is -2.01. The van der Waals surface area contributed by atoms with E-state index in [9.17, 15) is 0 Å². The highest BCUT2D eigenvalue weighted by molar-refractivity contribution is 5.86. The van der Waals surface area contributed by atoms with Crippen LogP contribution in [0.15, 0.2) is 36.4 Å². The largest absolute Gasteiger partial charge is 0.296 e. The average molecular weight is 253 g/mol. The lowest BCUT2D eigenvalue weighted by molar-refractivity contribution is 1.05. The minimum atomic E-state index is 0.635. The molecular weight excluding hydrogens is 234 g/mol. The smallest absolute Gasteiger partial charge is 0.160 e. The summed E-state index contributed by atoms with van der Waals surface area (Å²) in [5, 5.41) is 0. The summed E-state index contributed by atoms with van der Waals surface area (Å²) in [6.07, 6.45) is 10.9. The molecule has 0 saturated heterocycles. The summed E-state index contributed by atoms with van der Waals surface area (Å²) in [5.74, 6) is 0.635. The molecular formula is C16H19N3. The Morgan fingerprint density at radius 1 is 1.26 bits per heavy atom. The maximum atomic E-state index is 4.51. The first-order valence-corrected chi connectivity index (χ1v) is 6.07. The lowest BCUT2D eigenvalue weighted by atomic mass is 10.1. The molecule has 0 amide bonds. The van der Waals surface area contributed by atoms with E-state index in [4.69, 9.17) is 0 Å². The van der Waals surface area contributed by atoms with Gasteiger partial charge in [0.15, 0.2) is 5.82 Å². The maximum absolute atomic E-state index is 4.51. The van der Waals surface area contributed by atoms with Gasteiger partial charge in [0.2, 0.25) is 0 Å². The molecule has 3 nitrogen and oxygen atoms in total. The van der Waals surface area contributed by atoms with Crippen molar-refractivity contribution < 1.29 is 0 Å². The molecule has 0 fully saturated rings. The van der Waals surface area contributed by atoms with Gasteiger partial charge in [-0.25, -0.2) is 9.97 Å². The van der Waals surface area contributed by atoms with Crippen molar-refractivity contribution >= 4 is 23.9 Å². The predicted molar refractivity (Wildman–Crippen MR) is 84.2 cm³/mol. The highest BCUT2D eigenvalue weighted by Gasteiger charge is 2.08. The van der Waals surface area contributed by atoms with E-state index in [0.717, 1.165) is 22.5 Å². The summed E-state index contributed by atoms with van der Waals surface area (Å²) in [7, 11) is 1.72. The number of hydrogen-bond donors (Lipinski definition) is 0. The number of nitrogens with zero attached hydrogens (tertiary/aromatic N) is 3. The number of aromatic nitrogens is 2. The Kier molecular flexibility index (Phi) is 5.61. The van der Waals surface area contributed by atoms with E-state index in [0.29, 0.717) is 5.82 Å². The topological polar surface area (TPSA) is 38.1 Å². The third-order valence-electron chi connectivity index (χ3n) is 2.57. The van der Waals surface area contributed by atoms with Gasteiger partial charge in [-0.3, -0.25) is 4.99 Å². The van der Waals surface area contributed by atoms with Gasteiger partial charge in [0.25, 0.3) is 0 Å². The summed E-state index contributed by atoms with van der Waals surface area (Å²) in [5.41, 5.74) is 3.57. The summed E-state index contributed by atoms with van der Waals surface area (Å²) in [6, 6.07) is 0. The summed E-state index contributed by atoms with van der Waals surface area (Å²) in [6.45, 7) is 11.5. The summed E-state index contributed by atoms with van der Waals surface area (Å²) >= 11 is 0. The Hall–Kier alpha value is -2.29. The Morgan fingerprint density at radius 2 is 2.00 bits per heavy atom. The van der Waals surface area contributed by atoms with E-state index in [2.05, 4.69) is 28.1 Å². The molecule has 0 aromatic carbocycles. The van der Waals surface area contributed by atoms with E-state index < -0.39 is 0 Å². The number of aryl methyl sites for hydroxylation is 1. The molecule has 1 aromatic rings. The van der Waals surface area contributed by atoms with E-state index in [1.807, 2.05) is 32.1 Å². The normalized spacial score (nSPS) is 12.3. The molecule has 0 N–H and O–H groups in total. The van der Waals surface area contributed by atoms with Gasteiger partial charge in [-0.05, 0) is 26.0 Å². The Labute approximate surface area is 114 Å². The molecule has 0 aliphatic rings. The third kappa shape index (κ3) is 3.58. The third-order valence-corrected chi connectivity index (χ3v) is 2.57. The zero-order chi connectivity index (χ0) is 14.3. The first-order chi connectivity index (χ1) is 9.17. The molecule has 3 heteroatoms. The van der Waals surface area contributed by atoms with Crippen molar-refractivity contribution in [1.29, 1.82) is 0 Å². The molecule has 0 radical (unpaired) electrons. The molecule has 1 aromatic heterocycles. The molecule has 0 atom stereocenters. The Balaban J connectivity index is 3.43. The van der Waals surface area contributed by atoms with Crippen molar-refractivity contribution in [1.82, 2.24) is 9.97 Å². The first-order valence-electron chi connectivity index (χ1n) is 6.07. The average Bonchev–Trinajstić information content (AvgIpc) is 2.42. The zero-order valence-corrected chi connectivity index (χ0v) is 11.7. The molecule has 0 unspecified atom stereocenters. The molecule has 0 bridgehead atoms. The van der Waals surface area contributed by atoms with Crippen LogP contribution >= 0.6 is 0 Å². The van der Waals surface area contributed by atoms with Crippen LogP contribution in [0.3, 0.4) is 0 Å². The summed E-state index contributed by atoms with van der Waals surface area (Å²) < 4.78 is 0. The van der Waals surface area contributed by atoms with Crippen LogP contribution in [0.5, 0.6) is 0 Å². The second-order valence-corrected chi connectivity index (χ2v) is 3.87. The van der Waals surface area contributed by atoms with Crippen molar-refractivity contribution in [3.63, 3.8) is 0 Å². The van der Waals surface area contributed by atoms with Gasteiger partial charge in [-0.15, -0.1) is 0 Å². The molecule has 98 valence electrons. The molecule has 1 heterocycles. The molecule has 0 aliphatic heterocycles. The highest BCUT2D eigenvalue weighted by atomic mass is 14.9. The van der Waals surface area contributed by atoms with Crippen LogP contribution in [0.4, 0.5) is 0 Å². The van der Waals surface area contributed by atoms with E-state index in [1.165, 1.54) is 0 Å². The molecule has 19 heavy (non-hydrogen) atoms. The van der Waals surface area contributed by atoms with Gasteiger partial charge in [-0.2, -0.15) is 0 Å². The minimum absolute atomic E-state index is 0.635. The summed E-state index contributed by atoms with van der Waals surface area (Å²) in [4.78, 5) is 13.0. The van der Waals surface area contributed by atoms with E-state index in [-0.39, 0.29) is 0 Å². The zero-order valence-electron chi connectivity index (χ0n) is 11.7. The molecule has 0 saturated carbocycles. The SMILES string of the molecule is C=C/C(=C\C=NC)c1nc(C)c(/C=C\C)c(C=C)n1. The highest BCUT2D eigenvalue weighted by Crippen LogP contribution is 2.18. The number of rotatable bonds is 5. The van der Waals surface area contributed by atoms with Crippen LogP contribution in [0.1, 0.15) is 29.7 Å². The van der Waals surface area contributed by atoms with Crippen LogP contribution < -0.4 is 0 Å². The molecule has 0 aliphatic carbocycles. The minimum Gasteiger partial charge on any atom is -0.296 e. The lowest BCUT2D eigenvalue weighted by Gasteiger charge is -2.08. The van der Waals surface area contributed by atoms with Crippen molar-refractivity contribution in [2.75, 3.05) is 7.05 Å². The van der Waals surface area contributed by atoms with Crippen LogP contribution in [0.2, 0.25) is 0 Å². The van der Waals surface area contributed by atoms with Crippen molar-refractivity contribution in [3.8, 4) is 0 Å². The Morgan fingerprint density at radius 3 is 2.53 bits per heavy atom. The van der Waals surface area contributed by atoms with Crippen molar-refractivity contribution in [2.45, 2.75) is 13.8 Å². The monoisotopic (exact) mass is 253 g/mol. The fourth-order valence-corrected chi connectivity index (χ4v) is 1.65. The second kappa shape index (κ2) is 7.21. The van der Waals surface area contributed by atoms with Gasteiger partial charge in [0.1, 0.15) is 0 Å². The number of aliphatic imine (C=N–C) groups is 1. The first kappa shape index (κ1) is 14.8. The van der Waals surface area contributed by atoms with Crippen molar-refractivity contribution in [2.24, 2.45) is 4.99 Å². The van der Waals surface area contributed by atoms with Crippen molar-refractivity contribution in [3.05, 3.63) is 54.2 Å². The fraction of sp³-hybridized carbons (Fsp3) is 0.188. The van der Waals surface area contributed by atoms with Gasteiger partial charge < -0.3 is 0 Å². The number of allylic oxidation sites excluding steroid dienone is 4. The quantitative estimate of drug-likeness (QED) is 0.592. The van der Waals surface area contributed by atoms with Gasteiger partial charge in [0, 0.05) is 30.1 Å². The van der Waals surface area contributed by atoms with Crippen LogP contribution in [0, 0.1) is 6.92 Å². The maximum Gasteiger partial charge on any atom is 0.160 e. The number of hydrogen-bond acceptors (Lipinski definition) is 3. The van der Waals surface area contributed by atoms with Crippen LogP contribution in [-0.2, 0) is 0 Å². The van der Waals surface area contributed by atoms with E-state index >= 15 is 0 Å². The van der Waals surface area contributed by atoms with Crippen LogP contribution in [0.25, 0.3) is 17.7 Å². The second-order valence-electron chi connectivity index (χ2n) is 3.87. The standard InChI is InChI=1S/C16H19N3/c1-6-9-14-12(4)18-16(19-15(14)8-3)13(7-2)10-11-17-5/h6-11H,2-3H2,1,4-5H3/b9-6-,13-10+,17-11?. The van der Waals surface area contributed by atoms with E-state index in [1.54, 1.807) is 25.4 Å². The molecule has 0 spiro atoms. The van der Waals surface area contributed by atoms with Gasteiger partial charge >= 0.3 is 0 Å².